The molecule has 6 nitrogen and oxygen atoms in total. The maximum absolute atomic E-state index is 11.3. The van der Waals surface area contributed by atoms with Crippen molar-refractivity contribution in [3.05, 3.63) is 108 Å². The Morgan fingerprint density at radius 1 is 0.727 bits per heavy atom. The van der Waals surface area contributed by atoms with Gasteiger partial charge in [0, 0.05) is 5.56 Å². The van der Waals surface area contributed by atoms with Crippen molar-refractivity contribution in [3.8, 4) is 0 Å². The summed E-state index contributed by atoms with van der Waals surface area (Å²) < 4.78 is 30.5. The second-order valence-corrected chi connectivity index (χ2v) is 8.27. The van der Waals surface area contributed by atoms with E-state index < -0.39 is 37.0 Å². The molecule has 6 heteroatoms. The van der Waals surface area contributed by atoms with Gasteiger partial charge in [-0.1, -0.05) is 91.0 Å². The van der Waals surface area contributed by atoms with Gasteiger partial charge in [0.1, 0.15) is 24.4 Å². The van der Waals surface area contributed by atoms with E-state index in [1.807, 2.05) is 91.0 Å². The quantitative estimate of drug-likeness (QED) is 0.590. The van der Waals surface area contributed by atoms with Gasteiger partial charge in [-0.15, -0.1) is 0 Å². The average molecular weight is 449 g/mol. The van der Waals surface area contributed by atoms with E-state index in [9.17, 15) is 5.11 Å². The van der Waals surface area contributed by atoms with E-state index in [0.29, 0.717) is 13.2 Å². The van der Waals surface area contributed by atoms with Crippen LogP contribution in [0.4, 0.5) is 0 Å². The smallest absolute Gasteiger partial charge is 0.187 e. The molecular formula is C27H28O6. The van der Waals surface area contributed by atoms with Crippen LogP contribution >= 0.6 is 0 Å². The van der Waals surface area contributed by atoms with Crippen LogP contribution in [0, 0.1) is 0 Å². The largest absolute Gasteiger partial charge is 0.387 e. The van der Waals surface area contributed by atoms with E-state index in [0.717, 1.165) is 16.7 Å². The number of ether oxygens (including phenoxy) is 5. The molecule has 3 aromatic carbocycles. The van der Waals surface area contributed by atoms with Gasteiger partial charge in [0.15, 0.2) is 12.6 Å². The predicted octanol–water partition coefficient (Wildman–Crippen LogP) is 3.99. The molecule has 6 atom stereocenters. The lowest BCUT2D eigenvalue weighted by molar-refractivity contribution is -0.368. The summed E-state index contributed by atoms with van der Waals surface area (Å²) in [6.07, 6.45) is -4.04. The molecule has 0 bridgehead atoms. The molecule has 1 N–H and O–H groups in total. The first-order valence-corrected chi connectivity index (χ1v) is 11.2. The molecule has 3 aromatic rings. The summed E-state index contributed by atoms with van der Waals surface area (Å²) in [4.78, 5) is 0. The Morgan fingerprint density at radius 2 is 1.30 bits per heavy atom. The molecule has 0 radical (unpaired) electrons. The van der Waals surface area contributed by atoms with Crippen LogP contribution in [-0.4, -0.2) is 42.4 Å². The lowest BCUT2D eigenvalue weighted by atomic mass is 9.97. The Morgan fingerprint density at radius 3 is 1.94 bits per heavy atom. The van der Waals surface area contributed by atoms with Crippen LogP contribution in [0.2, 0.25) is 0 Å². The SMILES string of the molecule is O[C@@H]1C(OCc2ccccc2)[C@@H](OCc2ccccc2)OC2COC(c3ccccc3)O[C@H]21. The third kappa shape index (κ3) is 5.33. The second kappa shape index (κ2) is 10.6. The average Bonchev–Trinajstić information content (AvgIpc) is 2.88. The topological polar surface area (TPSA) is 66.4 Å². The first kappa shape index (κ1) is 22.2. The third-order valence-corrected chi connectivity index (χ3v) is 5.92. The molecule has 2 fully saturated rings. The number of hydrogen-bond acceptors (Lipinski definition) is 6. The van der Waals surface area contributed by atoms with Crippen molar-refractivity contribution in [2.24, 2.45) is 0 Å². The molecule has 172 valence electrons. The molecule has 2 saturated heterocycles. The monoisotopic (exact) mass is 448 g/mol. The van der Waals surface area contributed by atoms with Crippen molar-refractivity contribution in [2.45, 2.75) is 50.2 Å². The third-order valence-electron chi connectivity index (χ3n) is 5.92. The van der Waals surface area contributed by atoms with E-state index in [2.05, 4.69) is 0 Å². The van der Waals surface area contributed by atoms with Gasteiger partial charge < -0.3 is 28.8 Å². The highest BCUT2D eigenvalue weighted by Crippen LogP contribution is 2.35. The number of rotatable bonds is 7. The molecule has 2 heterocycles. The highest BCUT2D eigenvalue weighted by atomic mass is 16.8. The minimum absolute atomic E-state index is 0.290. The van der Waals surface area contributed by atoms with Crippen LogP contribution in [-0.2, 0) is 36.9 Å². The molecule has 5 rings (SSSR count). The summed E-state index contributed by atoms with van der Waals surface area (Å²) in [7, 11) is 0. The first-order chi connectivity index (χ1) is 16.3. The standard InChI is InChI=1S/C27H28O6/c28-23-24-22(18-31-26(33-24)21-14-8-3-9-15-21)32-27(30-17-20-12-6-2-7-13-20)25(23)29-16-19-10-4-1-5-11-19/h1-15,22-28H,16-18H2/t22?,23-,24+,25?,26?,27-/m0/s1. The van der Waals surface area contributed by atoms with Gasteiger partial charge in [-0.3, -0.25) is 0 Å². The van der Waals surface area contributed by atoms with Gasteiger partial charge in [-0.05, 0) is 11.1 Å². The lowest BCUT2D eigenvalue weighted by Gasteiger charge is -2.47. The van der Waals surface area contributed by atoms with Crippen LogP contribution in [0.15, 0.2) is 91.0 Å². The molecule has 2 aliphatic rings. The fraction of sp³-hybridized carbons (Fsp3) is 0.333. The van der Waals surface area contributed by atoms with Crippen molar-refractivity contribution in [1.29, 1.82) is 0 Å². The maximum atomic E-state index is 11.3. The highest BCUT2D eigenvalue weighted by Gasteiger charge is 2.50. The van der Waals surface area contributed by atoms with Crippen molar-refractivity contribution in [1.82, 2.24) is 0 Å². The summed E-state index contributed by atoms with van der Waals surface area (Å²) in [5, 5.41) is 11.3. The minimum Gasteiger partial charge on any atom is -0.387 e. The van der Waals surface area contributed by atoms with E-state index in [-0.39, 0.29) is 6.61 Å². The molecule has 0 saturated carbocycles. The Kier molecular flexibility index (Phi) is 7.12. The summed E-state index contributed by atoms with van der Waals surface area (Å²) in [6.45, 7) is 0.959. The molecule has 33 heavy (non-hydrogen) atoms. The fourth-order valence-electron chi connectivity index (χ4n) is 4.18. The highest BCUT2D eigenvalue weighted by molar-refractivity contribution is 5.17. The number of aliphatic hydroxyl groups is 1. The number of aliphatic hydroxyl groups excluding tert-OH is 1. The van der Waals surface area contributed by atoms with Gasteiger partial charge in [-0.25, -0.2) is 0 Å². The Hall–Kier alpha value is -2.58. The van der Waals surface area contributed by atoms with Crippen molar-refractivity contribution < 1.29 is 28.8 Å². The molecule has 3 unspecified atom stereocenters. The van der Waals surface area contributed by atoms with Crippen LogP contribution in [0.1, 0.15) is 23.0 Å². The molecule has 0 aromatic heterocycles. The van der Waals surface area contributed by atoms with Gasteiger partial charge in [0.2, 0.25) is 0 Å². The zero-order valence-corrected chi connectivity index (χ0v) is 18.2. The van der Waals surface area contributed by atoms with Gasteiger partial charge in [0.05, 0.1) is 19.8 Å². The number of benzene rings is 3. The van der Waals surface area contributed by atoms with Gasteiger partial charge in [0.25, 0.3) is 0 Å². The summed E-state index contributed by atoms with van der Waals surface area (Å²) in [5.74, 6) is 0. The Bertz CT molecular complexity index is 983. The van der Waals surface area contributed by atoms with Crippen LogP contribution in [0.3, 0.4) is 0 Å². The van der Waals surface area contributed by atoms with Crippen molar-refractivity contribution in [2.75, 3.05) is 6.61 Å². The van der Waals surface area contributed by atoms with Crippen LogP contribution < -0.4 is 0 Å². The first-order valence-electron chi connectivity index (χ1n) is 11.2. The Labute approximate surface area is 193 Å². The normalized spacial score (nSPS) is 29.4. The zero-order chi connectivity index (χ0) is 22.5. The molecular weight excluding hydrogens is 420 g/mol. The lowest BCUT2D eigenvalue weighted by Crippen LogP contribution is -2.62. The minimum atomic E-state index is -0.941. The van der Waals surface area contributed by atoms with Crippen LogP contribution in [0.25, 0.3) is 0 Å². The summed E-state index contributed by atoms with van der Waals surface area (Å²) in [6, 6.07) is 29.4. The molecule has 0 spiro atoms. The van der Waals surface area contributed by atoms with E-state index in [1.165, 1.54) is 0 Å². The van der Waals surface area contributed by atoms with Gasteiger partial charge >= 0.3 is 0 Å². The van der Waals surface area contributed by atoms with Crippen molar-refractivity contribution >= 4 is 0 Å². The molecule has 2 aliphatic heterocycles. The predicted molar refractivity (Wildman–Crippen MR) is 121 cm³/mol. The molecule has 0 amide bonds. The van der Waals surface area contributed by atoms with Crippen molar-refractivity contribution in [3.63, 3.8) is 0 Å². The zero-order valence-electron chi connectivity index (χ0n) is 18.2. The van der Waals surface area contributed by atoms with E-state index in [1.54, 1.807) is 0 Å². The second-order valence-electron chi connectivity index (χ2n) is 8.27. The number of hydrogen-bond donors (Lipinski definition) is 1. The van der Waals surface area contributed by atoms with E-state index in [4.69, 9.17) is 23.7 Å². The number of fused-ring (bicyclic) bond motifs is 1. The summed E-state index contributed by atoms with van der Waals surface area (Å²) >= 11 is 0. The maximum Gasteiger partial charge on any atom is 0.187 e. The van der Waals surface area contributed by atoms with Gasteiger partial charge in [-0.2, -0.15) is 0 Å². The Balaban J connectivity index is 1.31. The van der Waals surface area contributed by atoms with E-state index >= 15 is 0 Å². The fourth-order valence-corrected chi connectivity index (χ4v) is 4.18. The van der Waals surface area contributed by atoms with Crippen LogP contribution in [0.5, 0.6) is 0 Å². The summed E-state index contributed by atoms with van der Waals surface area (Å²) in [5.41, 5.74) is 2.91. The molecule has 0 aliphatic carbocycles.